The van der Waals surface area contributed by atoms with Crippen molar-refractivity contribution in [2.24, 2.45) is 0 Å². The molecule has 1 N–H and O–H groups in total. The molecule has 1 fully saturated rings. The third kappa shape index (κ3) is 4.09. The van der Waals surface area contributed by atoms with Gasteiger partial charge in [0, 0.05) is 31.2 Å². The van der Waals surface area contributed by atoms with Gasteiger partial charge in [-0.15, -0.1) is 11.3 Å². The first-order valence-electron chi connectivity index (χ1n) is 9.44. The standard InChI is InChI=1S/C21H21ClN2O4S/c22-15-5-3-14(4-6-15)18-17(19(25)16-2-1-13-29-16)20(26)21(27)24(18)8-7-23-9-11-28-12-10-23/h1-6,13,18,26H,7-12H2. The molecule has 2 aliphatic heterocycles. The first-order chi connectivity index (χ1) is 14.1. The summed E-state index contributed by atoms with van der Waals surface area (Å²) in [7, 11) is 0. The lowest BCUT2D eigenvalue weighted by Crippen LogP contribution is -2.43. The Labute approximate surface area is 177 Å². The van der Waals surface area contributed by atoms with Crippen LogP contribution in [0.25, 0.3) is 0 Å². The van der Waals surface area contributed by atoms with Crippen molar-refractivity contribution in [2.75, 3.05) is 39.4 Å². The van der Waals surface area contributed by atoms with E-state index in [9.17, 15) is 14.7 Å². The minimum atomic E-state index is -0.643. The van der Waals surface area contributed by atoms with E-state index >= 15 is 0 Å². The SMILES string of the molecule is O=C(C1=C(O)C(=O)N(CCN2CCOCC2)C1c1ccc(Cl)cc1)c1cccs1. The Morgan fingerprint density at radius 1 is 1.17 bits per heavy atom. The molecule has 0 saturated carbocycles. The highest BCUT2D eigenvalue weighted by molar-refractivity contribution is 7.12. The zero-order chi connectivity index (χ0) is 20.4. The summed E-state index contributed by atoms with van der Waals surface area (Å²) >= 11 is 7.32. The maximum Gasteiger partial charge on any atom is 0.290 e. The molecule has 29 heavy (non-hydrogen) atoms. The van der Waals surface area contributed by atoms with Gasteiger partial charge in [-0.25, -0.2) is 0 Å². The first kappa shape index (κ1) is 20.1. The minimum Gasteiger partial charge on any atom is -0.503 e. The predicted octanol–water partition coefficient (Wildman–Crippen LogP) is 3.31. The van der Waals surface area contributed by atoms with Gasteiger partial charge >= 0.3 is 0 Å². The number of aliphatic hydroxyl groups is 1. The average molecular weight is 433 g/mol. The van der Waals surface area contributed by atoms with Gasteiger partial charge in [-0.2, -0.15) is 0 Å². The van der Waals surface area contributed by atoms with Crippen LogP contribution < -0.4 is 0 Å². The number of hydrogen-bond donors (Lipinski definition) is 1. The van der Waals surface area contributed by atoms with Gasteiger partial charge in [-0.05, 0) is 29.1 Å². The molecule has 4 rings (SSSR count). The van der Waals surface area contributed by atoms with Gasteiger partial charge in [0.05, 0.1) is 29.7 Å². The Morgan fingerprint density at radius 3 is 2.55 bits per heavy atom. The molecular formula is C21H21ClN2O4S. The van der Waals surface area contributed by atoms with Crippen molar-refractivity contribution in [3.05, 3.63) is 68.6 Å². The van der Waals surface area contributed by atoms with Crippen LogP contribution in [0.1, 0.15) is 21.3 Å². The molecule has 2 aliphatic rings. The van der Waals surface area contributed by atoms with E-state index in [0.717, 1.165) is 18.7 Å². The van der Waals surface area contributed by atoms with Crippen molar-refractivity contribution >= 4 is 34.6 Å². The van der Waals surface area contributed by atoms with Gasteiger partial charge in [-0.1, -0.05) is 29.8 Å². The van der Waals surface area contributed by atoms with E-state index in [4.69, 9.17) is 16.3 Å². The number of rotatable bonds is 6. The molecule has 1 atom stereocenters. The maximum absolute atomic E-state index is 13.1. The Bertz CT molecular complexity index is 921. The largest absolute Gasteiger partial charge is 0.503 e. The third-order valence-corrected chi connectivity index (χ3v) is 6.36. The fourth-order valence-electron chi connectivity index (χ4n) is 3.72. The van der Waals surface area contributed by atoms with Gasteiger partial charge in [-0.3, -0.25) is 14.5 Å². The quantitative estimate of drug-likeness (QED) is 0.709. The van der Waals surface area contributed by atoms with Crippen molar-refractivity contribution in [1.29, 1.82) is 0 Å². The molecule has 8 heteroatoms. The lowest BCUT2D eigenvalue weighted by Gasteiger charge is -2.31. The average Bonchev–Trinajstić information content (AvgIpc) is 3.36. The topological polar surface area (TPSA) is 70.1 Å². The monoisotopic (exact) mass is 432 g/mol. The van der Waals surface area contributed by atoms with Gasteiger partial charge in [0.1, 0.15) is 0 Å². The summed E-state index contributed by atoms with van der Waals surface area (Å²) in [6.07, 6.45) is 0. The second-order valence-electron chi connectivity index (χ2n) is 6.98. The van der Waals surface area contributed by atoms with E-state index in [1.165, 1.54) is 11.3 Å². The molecule has 152 valence electrons. The second kappa shape index (κ2) is 8.67. The molecule has 1 aromatic heterocycles. The number of nitrogens with zero attached hydrogens (tertiary/aromatic N) is 2. The molecule has 1 unspecified atom stereocenters. The lowest BCUT2D eigenvalue weighted by atomic mass is 9.95. The zero-order valence-corrected chi connectivity index (χ0v) is 17.3. The number of hydrogen-bond acceptors (Lipinski definition) is 6. The number of morpholine rings is 1. The molecule has 0 aliphatic carbocycles. The minimum absolute atomic E-state index is 0.127. The maximum atomic E-state index is 13.1. The Hall–Kier alpha value is -2.19. The predicted molar refractivity (Wildman–Crippen MR) is 111 cm³/mol. The number of amides is 1. The molecule has 1 saturated heterocycles. The number of Topliss-reactive ketones (excluding diaryl/α,β-unsaturated/α-hetero) is 1. The molecule has 1 aromatic carbocycles. The van der Waals surface area contributed by atoms with Crippen molar-refractivity contribution in [3.8, 4) is 0 Å². The first-order valence-corrected chi connectivity index (χ1v) is 10.7. The summed E-state index contributed by atoms with van der Waals surface area (Å²) in [4.78, 5) is 30.3. The summed E-state index contributed by atoms with van der Waals surface area (Å²) in [6, 6.07) is 9.88. The molecule has 1 amide bonds. The summed E-state index contributed by atoms with van der Waals surface area (Å²) in [5.74, 6) is -1.30. The Kier molecular flexibility index (Phi) is 6.01. The third-order valence-electron chi connectivity index (χ3n) is 5.24. The fourth-order valence-corrected chi connectivity index (χ4v) is 4.53. The van der Waals surface area contributed by atoms with Crippen molar-refractivity contribution < 1.29 is 19.4 Å². The smallest absolute Gasteiger partial charge is 0.290 e. The van der Waals surface area contributed by atoms with Crippen LogP contribution in [0.5, 0.6) is 0 Å². The van der Waals surface area contributed by atoms with Gasteiger partial charge < -0.3 is 14.7 Å². The van der Waals surface area contributed by atoms with Crippen LogP contribution in [0.2, 0.25) is 5.02 Å². The highest BCUT2D eigenvalue weighted by atomic mass is 35.5. The summed E-state index contributed by atoms with van der Waals surface area (Å²) < 4.78 is 5.37. The highest BCUT2D eigenvalue weighted by Crippen LogP contribution is 2.39. The molecule has 3 heterocycles. The van der Waals surface area contributed by atoms with Crippen LogP contribution in [0.4, 0.5) is 0 Å². The van der Waals surface area contributed by atoms with E-state index in [-0.39, 0.29) is 11.4 Å². The van der Waals surface area contributed by atoms with E-state index in [1.807, 2.05) is 0 Å². The van der Waals surface area contributed by atoms with Crippen LogP contribution in [0.3, 0.4) is 0 Å². The van der Waals surface area contributed by atoms with Gasteiger partial charge in [0.2, 0.25) is 5.78 Å². The van der Waals surface area contributed by atoms with Gasteiger partial charge in [0.25, 0.3) is 5.91 Å². The van der Waals surface area contributed by atoms with Crippen LogP contribution in [-0.2, 0) is 9.53 Å². The van der Waals surface area contributed by atoms with Crippen LogP contribution in [0.15, 0.2) is 53.1 Å². The Morgan fingerprint density at radius 2 is 1.90 bits per heavy atom. The fraction of sp³-hybridized carbons (Fsp3) is 0.333. The van der Waals surface area contributed by atoms with Crippen molar-refractivity contribution in [2.45, 2.75) is 6.04 Å². The number of ketones is 1. The van der Waals surface area contributed by atoms with E-state index in [1.54, 1.807) is 46.7 Å². The Balaban J connectivity index is 1.66. The number of carbonyl (C=O) groups excluding carboxylic acids is 2. The summed E-state index contributed by atoms with van der Waals surface area (Å²) in [6.45, 7) is 3.98. The van der Waals surface area contributed by atoms with Crippen molar-refractivity contribution in [1.82, 2.24) is 9.80 Å². The number of thiophene rings is 1. The molecule has 0 spiro atoms. The van der Waals surface area contributed by atoms with Gasteiger partial charge in [0.15, 0.2) is 5.76 Å². The molecule has 0 bridgehead atoms. The highest BCUT2D eigenvalue weighted by Gasteiger charge is 2.43. The number of benzene rings is 1. The van der Waals surface area contributed by atoms with Crippen LogP contribution in [-0.4, -0.2) is 66.0 Å². The number of ether oxygens (including phenoxy) is 1. The lowest BCUT2D eigenvalue weighted by molar-refractivity contribution is -0.129. The normalized spacial score (nSPS) is 20.5. The second-order valence-corrected chi connectivity index (χ2v) is 8.36. The summed E-state index contributed by atoms with van der Waals surface area (Å²) in [5.41, 5.74) is 0.871. The van der Waals surface area contributed by atoms with E-state index < -0.39 is 17.7 Å². The summed E-state index contributed by atoms with van der Waals surface area (Å²) in [5, 5.41) is 13.0. The molecule has 6 nitrogen and oxygen atoms in total. The molecule has 0 radical (unpaired) electrons. The van der Waals surface area contributed by atoms with Crippen LogP contribution >= 0.6 is 22.9 Å². The zero-order valence-electron chi connectivity index (χ0n) is 15.7. The number of carbonyl (C=O) groups is 2. The molecule has 2 aromatic rings. The molecular weight excluding hydrogens is 412 g/mol. The number of aliphatic hydroxyl groups excluding tert-OH is 1. The van der Waals surface area contributed by atoms with Crippen molar-refractivity contribution in [3.63, 3.8) is 0 Å². The number of halogens is 1. The van der Waals surface area contributed by atoms with Crippen LogP contribution in [0, 0.1) is 0 Å². The van der Waals surface area contributed by atoms with E-state index in [2.05, 4.69) is 4.90 Å². The van der Waals surface area contributed by atoms with E-state index in [0.29, 0.717) is 36.2 Å².